The Morgan fingerprint density at radius 3 is 2.41 bits per heavy atom. The number of aryl methyl sites for hydroxylation is 1. The van der Waals surface area contributed by atoms with Crippen molar-refractivity contribution < 1.29 is 23.0 Å². The van der Waals surface area contributed by atoms with E-state index in [9.17, 15) is 13.6 Å². The highest BCUT2D eigenvalue weighted by Gasteiger charge is 2.38. The molecule has 4 unspecified atom stereocenters. The number of ether oxygens (including phenoxy) is 2. The van der Waals surface area contributed by atoms with Crippen LogP contribution in [0.3, 0.4) is 0 Å². The van der Waals surface area contributed by atoms with Gasteiger partial charge in [-0.1, -0.05) is 13.8 Å². The van der Waals surface area contributed by atoms with Crippen LogP contribution in [0.5, 0.6) is 5.75 Å². The topological polar surface area (TPSA) is 99.4 Å². The van der Waals surface area contributed by atoms with Gasteiger partial charge >= 0.3 is 0 Å². The number of methoxy groups -OCH3 is 1. The van der Waals surface area contributed by atoms with Crippen LogP contribution in [0.2, 0.25) is 0 Å². The minimum absolute atomic E-state index is 0.0345. The molecule has 0 spiro atoms. The summed E-state index contributed by atoms with van der Waals surface area (Å²) in [5.74, 6) is 0.616. The summed E-state index contributed by atoms with van der Waals surface area (Å²) in [5, 5.41) is 3.24. The predicted molar refractivity (Wildman–Crippen MR) is 158 cm³/mol. The smallest absolute Gasteiger partial charge is 0.168 e. The lowest BCUT2D eigenvalue weighted by Crippen LogP contribution is -2.48. The maximum absolute atomic E-state index is 14.3. The molecule has 7 nitrogen and oxygen atoms in total. The Hall–Kier alpha value is -3.43. The first-order valence-electron chi connectivity index (χ1n) is 14.0. The van der Waals surface area contributed by atoms with Gasteiger partial charge in [0.25, 0.3) is 0 Å². The molecule has 0 radical (unpaired) electrons. The lowest BCUT2D eigenvalue weighted by molar-refractivity contribution is -0.0146. The number of aromatic nitrogens is 2. The number of benzene rings is 1. The van der Waals surface area contributed by atoms with E-state index in [2.05, 4.69) is 35.2 Å². The number of pyridine rings is 2. The molecule has 2 heterocycles. The normalized spacial score (nSPS) is 20.4. The molecule has 1 fully saturated rings. The van der Waals surface area contributed by atoms with E-state index >= 15 is 0 Å². The zero-order valence-electron chi connectivity index (χ0n) is 24.9. The average Bonchev–Trinajstić information content (AvgIpc) is 2.93. The van der Waals surface area contributed by atoms with Crippen molar-refractivity contribution in [1.29, 1.82) is 0 Å². The van der Waals surface area contributed by atoms with E-state index in [-0.39, 0.29) is 35.2 Å². The minimum atomic E-state index is -0.680. The van der Waals surface area contributed by atoms with Gasteiger partial charge in [0.15, 0.2) is 6.29 Å². The first kappa shape index (κ1) is 32.1. The van der Waals surface area contributed by atoms with Crippen LogP contribution in [0, 0.1) is 30.4 Å². The molecule has 0 bridgehead atoms. The van der Waals surface area contributed by atoms with Crippen LogP contribution in [-0.2, 0) is 4.74 Å². The number of carbonyl (C=O) groups is 1. The molecule has 0 amide bonds. The highest BCUT2D eigenvalue weighted by atomic mass is 19.1. The number of carbonyl (C=O) groups excluding carboxylic acids is 1. The van der Waals surface area contributed by atoms with Gasteiger partial charge in [0, 0.05) is 38.0 Å². The Morgan fingerprint density at radius 2 is 1.83 bits per heavy atom. The van der Waals surface area contributed by atoms with Crippen molar-refractivity contribution in [3.05, 3.63) is 71.2 Å². The van der Waals surface area contributed by atoms with Crippen LogP contribution < -0.4 is 15.8 Å². The fourth-order valence-electron chi connectivity index (χ4n) is 5.62. The molecule has 41 heavy (non-hydrogen) atoms. The van der Waals surface area contributed by atoms with Crippen molar-refractivity contribution in [2.24, 2.45) is 17.6 Å². The number of hydrogen-bond acceptors (Lipinski definition) is 7. The van der Waals surface area contributed by atoms with E-state index in [0.29, 0.717) is 35.4 Å². The molecule has 1 aliphatic rings. The Balaban J connectivity index is 0.000000226. The van der Waals surface area contributed by atoms with E-state index in [4.69, 9.17) is 15.2 Å². The van der Waals surface area contributed by atoms with Crippen LogP contribution in [0.1, 0.15) is 68.1 Å². The SMILES string of the molecule is CNc1cnccc1C1CC(N)C(OC)C(C(C)C)C1.Cc1cc(OC(C)C)cc(F)c1-c1nc(C=O)ccc1F. The Labute approximate surface area is 241 Å². The summed E-state index contributed by atoms with van der Waals surface area (Å²) in [6, 6.07) is 7.38. The number of nitrogens with one attached hydrogen (secondary N) is 1. The second-order valence-corrected chi connectivity index (χ2v) is 11.1. The molecular formula is C32H42F2N4O3. The van der Waals surface area contributed by atoms with E-state index in [0.717, 1.165) is 24.6 Å². The standard InChI is InChI=1S/C16H15F2NO2.C16H27N3O/c1-9(2)21-12-6-10(3)15(14(18)7-12)16-13(17)5-4-11(8-20)19-16;1-10(2)13-7-11(8-14(17)16(13)20-4)12-5-6-19-9-15(12)18-3/h4-9H,1-3H3;5-6,9-11,13-14,16,18H,7-8,17H2,1-4H3. The summed E-state index contributed by atoms with van der Waals surface area (Å²) in [7, 11) is 3.73. The number of hydrogen-bond donors (Lipinski definition) is 2. The van der Waals surface area contributed by atoms with E-state index in [1.165, 1.54) is 17.7 Å². The van der Waals surface area contributed by atoms with E-state index < -0.39 is 11.6 Å². The molecule has 3 aromatic rings. The van der Waals surface area contributed by atoms with Gasteiger partial charge in [0.05, 0.1) is 24.1 Å². The van der Waals surface area contributed by atoms with Crippen molar-refractivity contribution >= 4 is 12.0 Å². The summed E-state index contributed by atoms with van der Waals surface area (Å²) in [5.41, 5.74) is 9.22. The largest absolute Gasteiger partial charge is 0.491 e. The van der Waals surface area contributed by atoms with Crippen LogP contribution in [0.15, 0.2) is 42.7 Å². The van der Waals surface area contributed by atoms with Gasteiger partial charge < -0.3 is 20.5 Å². The average molecular weight is 569 g/mol. The predicted octanol–water partition coefficient (Wildman–Crippen LogP) is 6.55. The van der Waals surface area contributed by atoms with E-state index in [1.54, 1.807) is 20.1 Å². The van der Waals surface area contributed by atoms with Gasteiger partial charge in [-0.3, -0.25) is 9.78 Å². The lowest BCUT2D eigenvalue weighted by Gasteiger charge is -2.42. The second kappa shape index (κ2) is 14.5. The molecule has 1 aliphatic carbocycles. The minimum Gasteiger partial charge on any atom is -0.491 e. The van der Waals surface area contributed by atoms with Gasteiger partial charge in [-0.25, -0.2) is 13.8 Å². The van der Waals surface area contributed by atoms with E-state index in [1.807, 2.05) is 33.3 Å². The maximum atomic E-state index is 14.3. The van der Waals surface area contributed by atoms with Crippen molar-refractivity contribution in [3.63, 3.8) is 0 Å². The fourth-order valence-corrected chi connectivity index (χ4v) is 5.62. The van der Waals surface area contributed by atoms with Crippen LogP contribution in [0.25, 0.3) is 11.3 Å². The highest BCUT2D eigenvalue weighted by molar-refractivity contribution is 5.75. The summed E-state index contributed by atoms with van der Waals surface area (Å²) in [6.07, 6.45) is 6.44. The monoisotopic (exact) mass is 568 g/mol. The van der Waals surface area contributed by atoms with Gasteiger partial charge in [0.1, 0.15) is 28.8 Å². The van der Waals surface area contributed by atoms with Gasteiger partial charge in [-0.15, -0.1) is 0 Å². The molecule has 1 saturated carbocycles. The number of halogens is 2. The molecule has 9 heteroatoms. The zero-order valence-corrected chi connectivity index (χ0v) is 24.9. The number of anilines is 1. The van der Waals surface area contributed by atoms with Crippen LogP contribution in [-0.4, -0.2) is 48.7 Å². The van der Waals surface area contributed by atoms with Gasteiger partial charge in [0.2, 0.25) is 0 Å². The quantitative estimate of drug-likeness (QED) is 0.297. The number of nitrogens with two attached hydrogens (primary N) is 1. The van der Waals surface area contributed by atoms with Crippen molar-refractivity contribution in [2.75, 3.05) is 19.5 Å². The Bertz CT molecular complexity index is 1290. The Morgan fingerprint density at radius 1 is 1.10 bits per heavy atom. The highest BCUT2D eigenvalue weighted by Crippen LogP contribution is 2.42. The zero-order chi connectivity index (χ0) is 30.3. The third kappa shape index (κ3) is 7.86. The molecule has 0 saturated heterocycles. The van der Waals surface area contributed by atoms with Crippen molar-refractivity contribution in [3.8, 4) is 17.0 Å². The first-order chi connectivity index (χ1) is 19.5. The summed E-state index contributed by atoms with van der Waals surface area (Å²) in [4.78, 5) is 18.8. The maximum Gasteiger partial charge on any atom is 0.168 e. The number of rotatable bonds is 8. The van der Waals surface area contributed by atoms with Crippen LogP contribution in [0.4, 0.5) is 14.5 Å². The molecule has 2 aromatic heterocycles. The van der Waals surface area contributed by atoms with Gasteiger partial charge in [-0.05, 0) is 86.8 Å². The summed E-state index contributed by atoms with van der Waals surface area (Å²) < 4.78 is 39.3. The molecule has 3 N–H and O–H groups in total. The molecule has 4 rings (SSSR count). The molecule has 1 aromatic carbocycles. The first-order valence-corrected chi connectivity index (χ1v) is 14.0. The van der Waals surface area contributed by atoms with Crippen molar-refractivity contribution in [2.45, 2.75) is 71.6 Å². The number of aldehydes is 1. The van der Waals surface area contributed by atoms with Crippen LogP contribution >= 0.6 is 0 Å². The lowest BCUT2D eigenvalue weighted by atomic mass is 9.70. The summed E-state index contributed by atoms with van der Waals surface area (Å²) in [6.45, 7) is 9.82. The molecule has 222 valence electrons. The molecule has 0 aliphatic heterocycles. The Kier molecular flexibility index (Phi) is 11.3. The molecular weight excluding hydrogens is 526 g/mol. The third-order valence-corrected chi connectivity index (χ3v) is 7.51. The second-order valence-electron chi connectivity index (χ2n) is 11.1. The third-order valence-electron chi connectivity index (χ3n) is 7.51. The number of nitrogens with zero attached hydrogens (tertiary/aromatic N) is 2. The van der Waals surface area contributed by atoms with Crippen molar-refractivity contribution in [1.82, 2.24) is 9.97 Å². The molecule has 4 atom stereocenters. The fraction of sp³-hybridized carbons (Fsp3) is 0.469. The summed E-state index contributed by atoms with van der Waals surface area (Å²) >= 11 is 0. The van der Waals surface area contributed by atoms with Gasteiger partial charge in [-0.2, -0.15) is 0 Å².